The highest BCUT2D eigenvalue weighted by molar-refractivity contribution is 5.85. The van der Waals surface area contributed by atoms with Gasteiger partial charge in [0.05, 0.1) is 24.8 Å². The number of nitrogens with zero attached hydrogens (tertiary/aromatic N) is 4. The number of ether oxygens (including phenoxy) is 2. The number of aromatic amines is 1. The van der Waals surface area contributed by atoms with Crippen LogP contribution >= 0.6 is 0 Å². The lowest BCUT2D eigenvalue weighted by Gasteiger charge is -2.16. The Hall–Kier alpha value is -3.23. The highest BCUT2D eigenvalue weighted by atomic mass is 16.5. The molecule has 33 heavy (non-hydrogen) atoms. The topological polar surface area (TPSA) is 87.0 Å². The smallest absolute Gasteiger partial charge is 0.334 e. The summed E-state index contributed by atoms with van der Waals surface area (Å²) in [6, 6.07) is 6.16. The minimum absolute atomic E-state index is 0.0134. The van der Waals surface area contributed by atoms with E-state index in [0.29, 0.717) is 25.4 Å². The zero-order chi connectivity index (χ0) is 22.4. The Balaban J connectivity index is 1.51. The molecule has 8 nitrogen and oxygen atoms in total. The molecule has 1 fully saturated rings. The summed E-state index contributed by atoms with van der Waals surface area (Å²) in [7, 11) is 1.70. The quantitative estimate of drug-likeness (QED) is 0.505. The van der Waals surface area contributed by atoms with Gasteiger partial charge in [0.15, 0.2) is 5.65 Å². The van der Waals surface area contributed by atoms with Crippen LogP contribution in [0.5, 0.6) is 0 Å². The van der Waals surface area contributed by atoms with E-state index in [1.165, 1.54) is 0 Å². The van der Waals surface area contributed by atoms with Crippen molar-refractivity contribution in [2.24, 2.45) is 5.92 Å². The van der Waals surface area contributed by atoms with E-state index in [1.54, 1.807) is 7.11 Å². The van der Waals surface area contributed by atoms with Gasteiger partial charge in [-0.05, 0) is 43.9 Å². The van der Waals surface area contributed by atoms with E-state index < -0.39 is 0 Å². The van der Waals surface area contributed by atoms with Crippen molar-refractivity contribution in [2.75, 3.05) is 20.3 Å². The molecule has 1 aliphatic carbocycles. The van der Waals surface area contributed by atoms with Gasteiger partial charge >= 0.3 is 5.69 Å². The number of nitrogens with one attached hydrogen (secondary N) is 1. The zero-order valence-corrected chi connectivity index (χ0v) is 18.7. The first kappa shape index (κ1) is 20.4. The minimum atomic E-state index is -0.0382. The third kappa shape index (κ3) is 3.50. The Kier molecular flexibility index (Phi) is 5.11. The van der Waals surface area contributed by atoms with Gasteiger partial charge in [0.25, 0.3) is 0 Å². The van der Waals surface area contributed by atoms with Crippen molar-refractivity contribution in [3.05, 3.63) is 53.3 Å². The van der Waals surface area contributed by atoms with Crippen LogP contribution in [0, 0.1) is 5.92 Å². The molecule has 0 saturated carbocycles. The average Bonchev–Trinajstić information content (AvgIpc) is 3.57. The van der Waals surface area contributed by atoms with Crippen LogP contribution in [-0.4, -0.2) is 50.5 Å². The second-order valence-electron chi connectivity index (χ2n) is 8.95. The Morgan fingerprint density at radius 1 is 1.18 bits per heavy atom. The summed E-state index contributed by atoms with van der Waals surface area (Å²) in [6.45, 7) is 1.68. The minimum Gasteiger partial charge on any atom is -0.379 e. The van der Waals surface area contributed by atoms with Crippen molar-refractivity contribution in [2.45, 2.75) is 38.3 Å². The number of H-pyrrole nitrogens is 1. The molecule has 0 aromatic carbocycles. The van der Waals surface area contributed by atoms with Crippen LogP contribution in [0.4, 0.5) is 0 Å². The summed E-state index contributed by atoms with van der Waals surface area (Å²) >= 11 is 0. The van der Waals surface area contributed by atoms with Crippen LogP contribution in [0.25, 0.3) is 39.0 Å². The number of fused-ring (bicyclic) bond motifs is 2. The predicted octanol–water partition coefficient (Wildman–Crippen LogP) is 3.82. The molecule has 6 rings (SSSR count). The van der Waals surface area contributed by atoms with E-state index in [9.17, 15) is 4.79 Å². The SMILES string of the molecule is COC1COCC1Cn1c(=O)n(C2=CCCCC2)c2ncc(-c3cnc4[nH]ccc4c3)cc21. The molecule has 4 aromatic rings. The third-order valence-corrected chi connectivity index (χ3v) is 6.92. The Morgan fingerprint density at radius 3 is 2.91 bits per heavy atom. The second kappa shape index (κ2) is 8.28. The monoisotopic (exact) mass is 445 g/mol. The number of hydrogen-bond donors (Lipinski definition) is 1. The van der Waals surface area contributed by atoms with Gasteiger partial charge in [-0.1, -0.05) is 6.08 Å². The number of imidazole rings is 1. The van der Waals surface area contributed by atoms with E-state index in [0.717, 1.165) is 59.1 Å². The van der Waals surface area contributed by atoms with Crippen molar-refractivity contribution >= 4 is 27.9 Å². The normalized spacial score (nSPS) is 21.2. The lowest BCUT2D eigenvalue weighted by atomic mass is 10.0. The molecule has 0 bridgehead atoms. The maximum Gasteiger partial charge on any atom is 0.334 e. The Morgan fingerprint density at radius 2 is 2.06 bits per heavy atom. The van der Waals surface area contributed by atoms with Crippen molar-refractivity contribution in [1.82, 2.24) is 24.1 Å². The summed E-state index contributed by atoms with van der Waals surface area (Å²) < 4.78 is 14.9. The molecular weight excluding hydrogens is 418 g/mol. The second-order valence-corrected chi connectivity index (χ2v) is 8.95. The fourth-order valence-electron chi connectivity index (χ4n) is 5.09. The van der Waals surface area contributed by atoms with Crippen LogP contribution in [0.1, 0.15) is 25.7 Å². The molecule has 1 N–H and O–H groups in total. The van der Waals surface area contributed by atoms with Gasteiger partial charge in [-0.15, -0.1) is 0 Å². The lowest BCUT2D eigenvalue weighted by Crippen LogP contribution is -2.31. The van der Waals surface area contributed by atoms with Gasteiger partial charge in [0.2, 0.25) is 0 Å². The van der Waals surface area contributed by atoms with E-state index >= 15 is 0 Å². The molecular formula is C25H27N5O3. The summed E-state index contributed by atoms with van der Waals surface area (Å²) in [4.78, 5) is 26.2. The van der Waals surface area contributed by atoms with Crippen molar-refractivity contribution in [1.29, 1.82) is 0 Å². The molecule has 2 atom stereocenters. The maximum absolute atomic E-state index is 13.7. The first-order valence-corrected chi connectivity index (χ1v) is 11.6. The van der Waals surface area contributed by atoms with Crippen LogP contribution in [0.2, 0.25) is 0 Å². The molecule has 0 amide bonds. The summed E-state index contributed by atoms with van der Waals surface area (Å²) in [5.41, 5.74) is 5.32. The van der Waals surface area contributed by atoms with E-state index in [4.69, 9.17) is 14.5 Å². The lowest BCUT2D eigenvalue weighted by molar-refractivity contribution is 0.0632. The summed E-state index contributed by atoms with van der Waals surface area (Å²) in [6.07, 6.45) is 11.9. The summed E-state index contributed by atoms with van der Waals surface area (Å²) in [5, 5.41) is 1.04. The first-order chi connectivity index (χ1) is 16.2. The molecule has 2 unspecified atom stereocenters. The molecule has 4 aromatic heterocycles. The number of hydrogen-bond acceptors (Lipinski definition) is 5. The molecule has 0 spiro atoms. The predicted molar refractivity (Wildman–Crippen MR) is 127 cm³/mol. The van der Waals surface area contributed by atoms with E-state index in [1.807, 2.05) is 33.8 Å². The summed E-state index contributed by atoms with van der Waals surface area (Å²) in [5.74, 6) is 0.119. The fourth-order valence-corrected chi connectivity index (χ4v) is 5.09. The molecule has 2 aliphatic rings. The molecule has 8 heteroatoms. The van der Waals surface area contributed by atoms with E-state index in [2.05, 4.69) is 28.2 Å². The Labute approximate surface area is 190 Å². The molecule has 0 radical (unpaired) electrons. The van der Waals surface area contributed by atoms with Gasteiger partial charge in [-0.3, -0.25) is 4.57 Å². The van der Waals surface area contributed by atoms with E-state index in [-0.39, 0.29) is 17.7 Å². The van der Waals surface area contributed by atoms with Crippen LogP contribution < -0.4 is 5.69 Å². The largest absolute Gasteiger partial charge is 0.379 e. The molecule has 170 valence electrons. The molecule has 1 saturated heterocycles. The highest BCUT2D eigenvalue weighted by Gasteiger charge is 2.30. The zero-order valence-electron chi connectivity index (χ0n) is 18.7. The van der Waals surface area contributed by atoms with Crippen LogP contribution in [-0.2, 0) is 16.0 Å². The molecule has 5 heterocycles. The average molecular weight is 446 g/mol. The fraction of sp³-hybridized carbons (Fsp3) is 0.400. The number of aromatic nitrogens is 5. The van der Waals surface area contributed by atoms with Crippen molar-refractivity contribution < 1.29 is 9.47 Å². The maximum atomic E-state index is 13.7. The van der Waals surface area contributed by atoms with Gasteiger partial charge < -0.3 is 14.5 Å². The number of rotatable bonds is 5. The third-order valence-electron chi connectivity index (χ3n) is 6.92. The number of methoxy groups -OCH3 is 1. The van der Waals surface area contributed by atoms with Gasteiger partial charge in [-0.25, -0.2) is 19.3 Å². The molecule has 1 aliphatic heterocycles. The Bertz CT molecular complexity index is 1410. The standard InChI is InChI=1S/C25H27N5O3/c1-32-22-15-33-14-19(22)13-29-21-10-18(17-9-16-7-8-26-23(16)27-11-17)12-28-24(21)30(25(29)31)20-5-3-2-4-6-20/h5,7-12,19,22H,2-4,6,13-15H2,1H3,(H,26,27). The van der Waals surface area contributed by atoms with Crippen LogP contribution in [0.15, 0.2) is 47.7 Å². The van der Waals surface area contributed by atoms with Crippen molar-refractivity contribution in [3.63, 3.8) is 0 Å². The number of allylic oxidation sites excluding steroid dienone is 2. The highest BCUT2D eigenvalue weighted by Crippen LogP contribution is 2.29. The first-order valence-electron chi connectivity index (χ1n) is 11.6. The van der Waals surface area contributed by atoms with Crippen molar-refractivity contribution in [3.8, 4) is 11.1 Å². The number of pyridine rings is 2. The van der Waals surface area contributed by atoms with Gasteiger partial charge in [0, 0.05) is 60.4 Å². The van der Waals surface area contributed by atoms with Crippen LogP contribution in [0.3, 0.4) is 0 Å². The van der Waals surface area contributed by atoms with Gasteiger partial charge in [0.1, 0.15) is 5.65 Å². The van der Waals surface area contributed by atoms with Gasteiger partial charge in [-0.2, -0.15) is 0 Å².